The monoisotopic (exact) mass is 817 g/mol. The molecular weight excluding hydrogens is 745 g/mol. The van der Waals surface area contributed by atoms with E-state index in [0.717, 1.165) is 0 Å². The molecule has 6 heterocycles. The summed E-state index contributed by atoms with van der Waals surface area (Å²) in [6, 6.07) is 0. The number of carbonyl (C=O) groups is 4. The van der Waals surface area contributed by atoms with Gasteiger partial charge in [-0.25, -0.2) is 0 Å². The molecule has 4 unspecified atom stereocenters. The van der Waals surface area contributed by atoms with Gasteiger partial charge in [0, 0.05) is 53.3 Å². The van der Waals surface area contributed by atoms with Crippen LogP contribution in [0.4, 0.5) is 0 Å². The van der Waals surface area contributed by atoms with Crippen molar-refractivity contribution < 1.29 is 38.1 Å². The molecule has 0 spiro atoms. The van der Waals surface area contributed by atoms with Gasteiger partial charge in [-0.05, 0) is 107 Å². The summed E-state index contributed by atoms with van der Waals surface area (Å²) in [4.78, 5) is 75.5. The van der Waals surface area contributed by atoms with E-state index < -0.39 is 44.6 Å². The van der Waals surface area contributed by atoms with E-state index in [1.165, 1.54) is 28.4 Å². The molecule has 328 valence electrons. The molecule has 0 aromatic carbocycles. The lowest BCUT2D eigenvalue weighted by atomic mass is 9.89. The van der Waals surface area contributed by atoms with Crippen LogP contribution in [0, 0.1) is 0 Å². The van der Waals surface area contributed by atoms with E-state index in [4.69, 9.17) is 38.9 Å². The lowest BCUT2D eigenvalue weighted by Crippen LogP contribution is -2.59. The zero-order chi connectivity index (χ0) is 43.5. The highest BCUT2D eigenvalue weighted by Crippen LogP contribution is 2.28. The molecule has 0 aromatic rings. The van der Waals surface area contributed by atoms with Crippen molar-refractivity contribution in [1.82, 2.24) is 21.3 Å². The number of carbonyl (C=O) groups excluding carboxylic acids is 4. The third-order valence-electron chi connectivity index (χ3n) is 11.1. The Morgan fingerprint density at radius 2 is 0.569 bits per heavy atom. The van der Waals surface area contributed by atoms with Gasteiger partial charge in [-0.3, -0.25) is 39.1 Å². The topological polar surface area (TPSA) is 203 Å². The van der Waals surface area contributed by atoms with Crippen LogP contribution in [0.15, 0.2) is 20.0 Å². The average molecular weight is 817 g/mol. The molecule has 0 radical (unpaired) electrons. The smallest absolute Gasteiger partial charge is 0.258 e. The maximum Gasteiger partial charge on any atom is 0.258 e. The van der Waals surface area contributed by atoms with Crippen molar-refractivity contribution in [2.45, 2.75) is 164 Å². The fraction of sp³-hybridized carbons (Fsp3) is 0.810. The van der Waals surface area contributed by atoms with Crippen LogP contribution in [0.5, 0.6) is 0 Å². The molecule has 0 saturated heterocycles. The Labute approximate surface area is 346 Å². The highest BCUT2D eigenvalue weighted by atomic mass is 16.5. The Balaban J connectivity index is 2.19. The van der Waals surface area contributed by atoms with E-state index in [1.54, 1.807) is 24.9 Å². The third kappa shape index (κ3) is 12.7. The molecule has 16 nitrogen and oxygen atoms in total. The minimum Gasteiger partial charge on any atom is -0.363 e. The number of nitrogens with zero attached hydrogens (tertiary/aromatic N) is 4. The Bertz CT molecular complexity index is 1350. The third-order valence-corrected chi connectivity index (χ3v) is 11.1. The van der Waals surface area contributed by atoms with Gasteiger partial charge in [0.05, 0.1) is 48.3 Å². The molecule has 0 fully saturated rings. The van der Waals surface area contributed by atoms with Crippen molar-refractivity contribution >= 4 is 48.5 Å². The van der Waals surface area contributed by atoms with Crippen LogP contribution in [-0.2, 0) is 38.1 Å². The fourth-order valence-corrected chi connectivity index (χ4v) is 7.34. The first kappa shape index (κ1) is 48.8. The molecule has 0 aliphatic carbocycles. The van der Waals surface area contributed by atoms with Gasteiger partial charge in [0.1, 0.15) is 0 Å². The summed E-state index contributed by atoms with van der Waals surface area (Å²) < 4.78 is 24.0. The van der Waals surface area contributed by atoms with Crippen LogP contribution in [0.3, 0.4) is 0 Å². The summed E-state index contributed by atoms with van der Waals surface area (Å²) >= 11 is 0. The van der Waals surface area contributed by atoms with Crippen molar-refractivity contribution in [2.75, 3.05) is 54.6 Å². The number of hydrogen-bond acceptors (Lipinski definition) is 12. The molecule has 6 aliphatic heterocycles. The molecule has 6 aliphatic rings. The summed E-state index contributed by atoms with van der Waals surface area (Å²) in [6.07, 6.45) is 10.7. The van der Waals surface area contributed by atoms with Gasteiger partial charge in [-0.2, -0.15) is 0 Å². The summed E-state index contributed by atoms with van der Waals surface area (Å²) in [7, 11) is 5.94. The van der Waals surface area contributed by atoms with Crippen LogP contribution in [-0.4, -0.2) is 148 Å². The quantitative estimate of drug-likeness (QED) is 0.331. The minimum absolute atomic E-state index is 0.151. The number of amides is 4. The lowest BCUT2D eigenvalue weighted by Gasteiger charge is -2.36. The summed E-state index contributed by atoms with van der Waals surface area (Å²) in [5.41, 5.74) is -9.02. The van der Waals surface area contributed by atoms with Crippen molar-refractivity contribution in [3.05, 3.63) is 0 Å². The van der Waals surface area contributed by atoms with Crippen molar-refractivity contribution in [3.63, 3.8) is 0 Å². The number of hydrogen-bond donors (Lipinski definition) is 4. The predicted molar refractivity (Wildman–Crippen MR) is 227 cm³/mol. The number of nitrogens with one attached hydrogen (secondary N) is 4. The number of rotatable bonds is 4. The largest absolute Gasteiger partial charge is 0.363 e. The van der Waals surface area contributed by atoms with Gasteiger partial charge in [0.2, 0.25) is 0 Å². The Morgan fingerprint density at radius 1 is 0.379 bits per heavy atom. The van der Waals surface area contributed by atoms with Crippen LogP contribution in [0.1, 0.15) is 120 Å². The Morgan fingerprint density at radius 3 is 0.741 bits per heavy atom. The molecule has 0 aromatic heterocycles. The van der Waals surface area contributed by atoms with E-state index in [0.29, 0.717) is 64.2 Å². The number of ether oxygens (including phenoxy) is 4. The second-order valence-corrected chi connectivity index (χ2v) is 18.7. The van der Waals surface area contributed by atoms with E-state index in [1.807, 2.05) is 55.4 Å². The summed E-state index contributed by atoms with van der Waals surface area (Å²) in [6.45, 7) is 15.4. The van der Waals surface area contributed by atoms with Crippen LogP contribution >= 0.6 is 0 Å². The standard InChI is InChI=1S/C42H72N8O8/c1-35(2)23-43-27-40(56-10)20-16-14-18-22-42(58-12)30-46-26-37(5,6)49-33(53)41(57-11,29-45-25-38(7,8)50-34(42)54)21-17-13-15-19-39(55-9,31(51)47-35)28-44-24-36(3,4)48-32(40)52/h27-30H,13-26H2,1-12H3,(H,47,51)(H,48,52)(H,49,53)(H,50,54). The summed E-state index contributed by atoms with van der Waals surface area (Å²) in [5, 5.41) is 12.5. The fourth-order valence-electron chi connectivity index (χ4n) is 7.34. The maximum absolute atomic E-state index is 14.2. The zero-order valence-electron chi connectivity index (χ0n) is 37.3. The molecule has 16 heteroatoms. The SMILES string of the molecule is COC12C=NCC(C)(C)NC(=O)C(OC)(C=NCC(C)(C)NC1=O)CCCCCC1(OC)C=NCC(C)(C)NC(=O)C(OC)(C=NCC(C)(C)NC1=O)CCCCC2. The van der Waals surface area contributed by atoms with E-state index >= 15 is 0 Å². The van der Waals surface area contributed by atoms with Gasteiger partial charge in [-0.1, -0.05) is 12.8 Å². The second kappa shape index (κ2) is 19.6. The predicted octanol–water partition coefficient (Wildman–Crippen LogP) is 3.33. The maximum atomic E-state index is 14.2. The van der Waals surface area contributed by atoms with Gasteiger partial charge in [-0.15, -0.1) is 0 Å². The Hall–Kier alpha value is -3.60. The first-order valence-corrected chi connectivity index (χ1v) is 20.5. The molecule has 4 atom stereocenters. The summed E-state index contributed by atoms with van der Waals surface area (Å²) in [5.74, 6) is -1.43. The van der Waals surface area contributed by atoms with Gasteiger partial charge >= 0.3 is 0 Å². The number of aliphatic imine (C=N–C) groups is 4. The van der Waals surface area contributed by atoms with Crippen molar-refractivity contribution in [1.29, 1.82) is 0 Å². The first-order chi connectivity index (χ1) is 27.0. The van der Waals surface area contributed by atoms with Gasteiger partial charge in [0.25, 0.3) is 23.6 Å². The number of methoxy groups -OCH3 is 4. The molecule has 0 saturated carbocycles. The Kier molecular flexibility index (Phi) is 16.5. The second-order valence-electron chi connectivity index (χ2n) is 18.7. The average Bonchev–Trinajstić information content (AvgIpc) is 3.12. The lowest BCUT2D eigenvalue weighted by molar-refractivity contribution is -0.139. The normalized spacial score (nSPS) is 33.0. The zero-order valence-corrected chi connectivity index (χ0v) is 37.3. The molecule has 4 bridgehead atoms. The molecule has 58 heavy (non-hydrogen) atoms. The minimum atomic E-state index is -1.42. The molecule has 6 rings (SSSR count). The molecule has 4 amide bonds. The highest BCUT2D eigenvalue weighted by Gasteiger charge is 2.45. The molecular formula is C42H72N8O8. The first-order valence-electron chi connectivity index (χ1n) is 20.5. The van der Waals surface area contributed by atoms with Crippen molar-refractivity contribution in [3.8, 4) is 0 Å². The highest BCUT2D eigenvalue weighted by molar-refractivity contribution is 6.04. The van der Waals surface area contributed by atoms with E-state index in [-0.39, 0.29) is 49.8 Å². The van der Waals surface area contributed by atoms with Crippen LogP contribution in [0.25, 0.3) is 0 Å². The van der Waals surface area contributed by atoms with Crippen LogP contribution in [0.2, 0.25) is 0 Å². The van der Waals surface area contributed by atoms with Crippen molar-refractivity contribution in [2.24, 2.45) is 20.0 Å². The van der Waals surface area contributed by atoms with E-state index in [9.17, 15) is 19.2 Å². The molecule has 4 N–H and O–H groups in total. The van der Waals surface area contributed by atoms with Gasteiger partial charge < -0.3 is 40.2 Å². The van der Waals surface area contributed by atoms with E-state index in [2.05, 4.69) is 21.3 Å². The van der Waals surface area contributed by atoms with Crippen LogP contribution < -0.4 is 21.3 Å². The van der Waals surface area contributed by atoms with Gasteiger partial charge in [0.15, 0.2) is 22.4 Å².